The minimum absolute atomic E-state index is 0.207. The molecule has 2 aromatic rings. The van der Waals surface area contributed by atoms with Crippen LogP contribution in [0.2, 0.25) is 0 Å². The van der Waals surface area contributed by atoms with Crippen molar-refractivity contribution >= 4 is 5.91 Å². The van der Waals surface area contributed by atoms with Gasteiger partial charge in [0.1, 0.15) is 18.2 Å². The average molecular weight is 342 g/mol. The van der Waals surface area contributed by atoms with E-state index in [1.54, 1.807) is 18.2 Å². The second kappa shape index (κ2) is 8.12. The molecule has 0 bridgehead atoms. The summed E-state index contributed by atoms with van der Waals surface area (Å²) >= 11 is 0. The van der Waals surface area contributed by atoms with Gasteiger partial charge in [0.05, 0.1) is 6.54 Å². The van der Waals surface area contributed by atoms with Crippen LogP contribution < -0.4 is 15.8 Å². The van der Waals surface area contributed by atoms with Gasteiger partial charge >= 0.3 is 0 Å². The van der Waals surface area contributed by atoms with Crippen LogP contribution in [0.1, 0.15) is 36.3 Å². The SMILES string of the molecule is NC(=O)CN[C@@H]1CCC[C@@H]1c1ccc(OCc2ccccc2F)cc1. The molecule has 0 heterocycles. The van der Waals surface area contributed by atoms with Crippen molar-refractivity contribution in [2.45, 2.75) is 37.8 Å². The summed E-state index contributed by atoms with van der Waals surface area (Å²) in [7, 11) is 0. The lowest BCUT2D eigenvalue weighted by Crippen LogP contribution is -2.37. The van der Waals surface area contributed by atoms with Crippen LogP contribution in [0.25, 0.3) is 0 Å². The Labute approximate surface area is 147 Å². The Bertz CT molecular complexity index is 718. The minimum atomic E-state index is -0.331. The van der Waals surface area contributed by atoms with E-state index >= 15 is 0 Å². The Morgan fingerprint density at radius 3 is 2.64 bits per heavy atom. The lowest BCUT2D eigenvalue weighted by Gasteiger charge is -2.21. The van der Waals surface area contributed by atoms with Gasteiger partial charge in [-0.2, -0.15) is 0 Å². The summed E-state index contributed by atoms with van der Waals surface area (Å²) in [4.78, 5) is 11.0. The highest BCUT2D eigenvalue weighted by molar-refractivity contribution is 5.75. The van der Waals surface area contributed by atoms with Gasteiger partial charge in [0, 0.05) is 11.6 Å². The van der Waals surface area contributed by atoms with Gasteiger partial charge in [-0.3, -0.25) is 4.79 Å². The topological polar surface area (TPSA) is 64.4 Å². The van der Waals surface area contributed by atoms with E-state index in [2.05, 4.69) is 5.32 Å². The largest absolute Gasteiger partial charge is 0.489 e. The van der Waals surface area contributed by atoms with Gasteiger partial charge in [0.25, 0.3) is 0 Å². The molecule has 5 heteroatoms. The van der Waals surface area contributed by atoms with Crippen molar-refractivity contribution < 1.29 is 13.9 Å². The van der Waals surface area contributed by atoms with E-state index in [1.165, 1.54) is 11.6 Å². The molecule has 0 saturated heterocycles. The number of hydrogen-bond donors (Lipinski definition) is 2. The number of nitrogens with one attached hydrogen (secondary N) is 1. The first-order valence-electron chi connectivity index (χ1n) is 8.61. The molecule has 1 aliphatic carbocycles. The lowest BCUT2D eigenvalue weighted by atomic mass is 9.94. The Morgan fingerprint density at radius 1 is 1.16 bits per heavy atom. The van der Waals surface area contributed by atoms with Gasteiger partial charge in [-0.25, -0.2) is 4.39 Å². The first-order valence-corrected chi connectivity index (χ1v) is 8.61. The van der Waals surface area contributed by atoms with Crippen molar-refractivity contribution in [1.29, 1.82) is 0 Å². The third-order valence-electron chi connectivity index (χ3n) is 4.71. The highest BCUT2D eigenvalue weighted by atomic mass is 19.1. The molecule has 0 aliphatic heterocycles. The van der Waals surface area contributed by atoms with E-state index in [1.807, 2.05) is 24.3 Å². The van der Waals surface area contributed by atoms with Crippen molar-refractivity contribution in [3.05, 3.63) is 65.5 Å². The number of ether oxygens (including phenoxy) is 1. The van der Waals surface area contributed by atoms with Gasteiger partial charge < -0.3 is 15.8 Å². The summed E-state index contributed by atoms with van der Waals surface area (Å²) < 4.78 is 19.3. The second-order valence-electron chi connectivity index (χ2n) is 6.44. The van der Waals surface area contributed by atoms with E-state index in [0.717, 1.165) is 19.3 Å². The highest BCUT2D eigenvalue weighted by Gasteiger charge is 2.28. The number of rotatable bonds is 7. The predicted molar refractivity (Wildman–Crippen MR) is 94.8 cm³/mol. The molecule has 0 aromatic heterocycles. The molecule has 3 N–H and O–H groups in total. The predicted octanol–water partition coefficient (Wildman–Crippen LogP) is 3.12. The number of nitrogens with two attached hydrogens (primary N) is 1. The number of hydrogen-bond acceptors (Lipinski definition) is 3. The Kier molecular flexibility index (Phi) is 5.66. The maximum absolute atomic E-state index is 13.6. The number of primary amides is 1. The third-order valence-corrected chi connectivity index (χ3v) is 4.71. The molecule has 132 valence electrons. The number of amides is 1. The monoisotopic (exact) mass is 342 g/mol. The van der Waals surface area contributed by atoms with Crippen molar-refractivity contribution in [2.75, 3.05) is 6.54 Å². The quantitative estimate of drug-likeness (QED) is 0.812. The molecule has 1 fully saturated rings. The van der Waals surface area contributed by atoms with E-state index < -0.39 is 0 Å². The molecule has 1 amide bonds. The van der Waals surface area contributed by atoms with Gasteiger partial charge in [0.2, 0.25) is 5.91 Å². The fourth-order valence-corrected chi connectivity index (χ4v) is 3.42. The van der Waals surface area contributed by atoms with Gasteiger partial charge in [0.15, 0.2) is 0 Å². The Hall–Kier alpha value is -2.40. The van der Waals surface area contributed by atoms with Gasteiger partial charge in [-0.15, -0.1) is 0 Å². The van der Waals surface area contributed by atoms with Crippen LogP contribution in [-0.4, -0.2) is 18.5 Å². The Balaban J connectivity index is 1.60. The normalized spacial score (nSPS) is 19.7. The van der Waals surface area contributed by atoms with Crippen LogP contribution >= 0.6 is 0 Å². The summed E-state index contributed by atoms with van der Waals surface area (Å²) in [6, 6.07) is 14.8. The Morgan fingerprint density at radius 2 is 1.92 bits per heavy atom. The second-order valence-corrected chi connectivity index (χ2v) is 6.44. The summed E-state index contributed by atoms with van der Waals surface area (Å²) in [6.45, 7) is 0.420. The number of benzene rings is 2. The van der Waals surface area contributed by atoms with Crippen molar-refractivity contribution in [1.82, 2.24) is 5.32 Å². The van der Waals surface area contributed by atoms with Crippen molar-refractivity contribution in [3.8, 4) is 5.75 Å². The highest BCUT2D eigenvalue weighted by Crippen LogP contribution is 2.35. The molecule has 0 radical (unpaired) electrons. The first-order chi connectivity index (χ1) is 12.1. The minimum Gasteiger partial charge on any atom is -0.489 e. The lowest BCUT2D eigenvalue weighted by molar-refractivity contribution is -0.117. The summed E-state index contributed by atoms with van der Waals surface area (Å²) in [5.74, 6) is 0.502. The standard InChI is InChI=1S/C20H23FN2O2/c21-18-6-2-1-4-15(18)13-25-16-10-8-14(9-11-16)17-5-3-7-19(17)23-12-20(22)24/h1-2,4,6,8-11,17,19,23H,3,5,7,12-13H2,(H2,22,24)/t17-,19-/m1/s1. The average Bonchev–Trinajstić information content (AvgIpc) is 3.08. The zero-order valence-electron chi connectivity index (χ0n) is 14.1. The molecular formula is C20H23FN2O2. The summed E-state index contributed by atoms with van der Waals surface area (Å²) in [6.07, 6.45) is 3.27. The molecule has 0 unspecified atom stereocenters. The number of carbonyl (C=O) groups is 1. The fraction of sp³-hybridized carbons (Fsp3) is 0.350. The van der Waals surface area contributed by atoms with Crippen LogP contribution in [0.5, 0.6) is 5.75 Å². The van der Waals surface area contributed by atoms with Gasteiger partial charge in [-0.1, -0.05) is 36.8 Å². The smallest absolute Gasteiger partial charge is 0.231 e. The van der Waals surface area contributed by atoms with Crippen LogP contribution in [0.15, 0.2) is 48.5 Å². The molecule has 1 aliphatic rings. The number of carbonyl (C=O) groups excluding carboxylic acids is 1. The maximum Gasteiger partial charge on any atom is 0.231 e. The fourth-order valence-electron chi connectivity index (χ4n) is 3.42. The van der Waals surface area contributed by atoms with Crippen LogP contribution in [0.4, 0.5) is 4.39 Å². The summed E-state index contributed by atoms with van der Waals surface area (Å²) in [5, 5.41) is 3.25. The molecule has 1 saturated carbocycles. The molecular weight excluding hydrogens is 319 g/mol. The molecule has 25 heavy (non-hydrogen) atoms. The molecule has 2 atom stereocenters. The summed E-state index contributed by atoms with van der Waals surface area (Å²) in [5.41, 5.74) is 6.98. The van der Waals surface area contributed by atoms with Crippen LogP contribution in [0, 0.1) is 5.82 Å². The first kappa shape index (κ1) is 17.4. The molecule has 0 spiro atoms. The van der Waals surface area contributed by atoms with Crippen LogP contribution in [0.3, 0.4) is 0 Å². The van der Waals surface area contributed by atoms with Crippen molar-refractivity contribution in [2.24, 2.45) is 5.73 Å². The molecule has 4 nitrogen and oxygen atoms in total. The van der Waals surface area contributed by atoms with E-state index in [4.69, 9.17) is 10.5 Å². The number of halogens is 1. The zero-order valence-corrected chi connectivity index (χ0v) is 14.1. The van der Waals surface area contributed by atoms with E-state index in [0.29, 0.717) is 17.2 Å². The third kappa shape index (κ3) is 4.57. The molecule has 2 aromatic carbocycles. The zero-order chi connectivity index (χ0) is 17.6. The van der Waals surface area contributed by atoms with E-state index in [9.17, 15) is 9.18 Å². The maximum atomic E-state index is 13.6. The van der Waals surface area contributed by atoms with E-state index in [-0.39, 0.29) is 30.9 Å². The van der Waals surface area contributed by atoms with Crippen molar-refractivity contribution in [3.63, 3.8) is 0 Å². The molecule has 3 rings (SSSR count). The van der Waals surface area contributed by atoms with Gasteiger partial charge in [-0.05, 0) is 42.5 Å². The van der Waals surface area contributed by atoms with Crippen LogP contribution in [-0.2, 0) is 11.4 Å².